The molecule has 1 aliphatic heterocycles. The fourth-order valence-electron chi connectivity index (χ4n) is 2.83. The third kappa shape index (κ3) is 4.39. The molecule has 0 spiro atoms. The average molecular weight is 329 g/mol. The minimum absolute atomic E-state index is 0.370. The second-order valence-electron chi connectivity index (χ2n) is 5.47. The highest BCUT2D eigenvalue weighted by molar-refractivity contribution is 8.07. The summed E-state index contributed by atoms with van der Waals surface area (Å²) in [6, 6.07) is 0.370. The fourth-order valence-corrected chi connectivity index (χ4v) is 6.06. The molecule has 21 heavy (non-hydrogen) atoms. The lowest BCUT2D eigenvalue weighted by atomic mass is 10.1. The highest BCUT2D eigenvalue weighted by Crippen LogP contribution is 2.40. The van der Waals surface area contributed by atoms with Gasteiger partial charge < -0.3 is 5.32 Å². The lowest BCUT2D eigenvalue weighted by Gasteiger charge is -2.36. The van der Waals surface area contributed by atoms with Crippen LogP contribution in [-0.2, 0) is 6.54 Å². The number of rotatable bonds is 8. The van der Waals surface area contributed by atoms with Gasteiger partial charge in [0.1, 0.15) is 0 Å². The quantitative estimate of drug-likeness (QED) is 0.792. The van der Waals surface area contributed by atoms with E-state index >= 15 is 0 Å². The van der Waals surface area contributed by atoms with Crippen molar-refractivity contribution in [3.63, 3.8) is 0 Å². The number of hydrogen-bond donors (Lipinski definition) is 1. The second kappa shape index (κ2) is 9.06. The number of hydrogen-bond acceptors (Lipinski definition) is 5. The zero-order valence-corrected chi connectivity index (χ0v) is 15.1. The zero-order valence-electron chi connectivity index (χ0n) is 13.4. The molecule has 0 radical (unpaired) electrons. The standard InChI is InChI=1S/C15H28N4S2/c1-4-7-16-14(12-11-17-18-19(12)8-5-2)15-13(6-3)20-9-10-21-15/h11,13-16H,4-10H2,1-3H3. The molecule has 2 rings (SSSR count). The Bertz CT molecular complexity index is 410. The topological polar surface area (TPSA) is 42.7 Å². The van der Waals surface area contributed by atoms with Gasteiger partial charge in [-0.15, -0.1) is 5.10 Å². The highest BCUT2D eigenvalue weighted by atomic mass is 32.2. The van der Waals surface area contributed by atoms with E-state index in [4.69, 9.17) is 0 Å². The first-order valence-corrected chi connectivity index (χ1v) is 10.3. The molecule has 0 saturated carbocycles. The summed E-state index contributed by atoms with van der Waals surface area (Å²) < 4.78 is 2.10. The van der Waals surface area contributed by atoms with Crippen molar-refractivity contribution in [1.29, 1.82) is 0 Å². The van der Waals surface area contributed by atoms with Crippen LogP contribution in [0.1, 0.15) is 51.8 Å². The first kappa shape index (κ1) is 17.2. The van der Waals surface area contributed by atoms with E-state index in [9.17, 15) is 0 Å². The van der Waals surface area contributed by atoms with Crippen LogP contribution < -0.4 is 5.32 Å². The summed E-state index contributed by atoms with van der Waals surface area (Å²) in [4.78, 5) is 0. The van der Waals surface area contributed by atoms with Crippen molar-refractivity contribution in [2.45, 2.75) is 63.1 Å². The first-order valence-electron chi connectivity index (χ1n) is 8.16. The highest BCUT2D eigenvalue weighted by Gasteiger charge is 2.34. The van der Waals surface area contributed by atoms with Crippen LogP contribution in [0, 0.1) is 0 Å². The van der Waals surface area contributed by atoms with Gasteiger partial charge in [0.15, 0.2) is 0 Å². The summed E-state index contributed by atoms with van der Waals surface area (Å²) in [5.74, 6) is 2.54. The molecule has 120 valence electrons. The molecular formula is C15H28N4S2. The smallest absolute Gasteiger partial charge is 0.0768 e. The van der Waals surface area contributed by atoms with Crippen LogP contribution in [0.2, 0.25) is 0 Å². The van der Waals surface area contributed by atoms with Gasteiger partial charge in [-0.25, -0.2) is 4.68 Å². The molecule has 1 aliphatic rings. The largest absolute Gasteiger partial charge is 0.308 e. The van der Waals surface area contributed by atoms with E-state index in [1.54, 1.807) is 0 Å². The summed E-state index contributed by atoms with van der Waals surface area (Å²) in [6.07, 6.45) is 5.46. The molecule has 1 fully saturated rings. The van der Waals surface area contributed by atoms with Crippen molar-refractivity contribution in [1.82, 2.24) is 20.3 Å². The van der Waals surface area contributed by atoms with Crippen LogP contribution in [0.4, 0.5) is 0 Å². The third-order valence-electron chi connectivity index (χ3n) is 3.84. The molecule has 6 heteroatoms. The van der Waals surface area contributed by atoms with E-state index in [0.29, 0.717) is 11.3 Å². The van der Waals surface area contributed by atoms with Crippen molar-refractivity contribution >= 4 is 23.5 Å². The monoisotopic (exact) mass is 328 g/mol. The summed E-state index contributed by atoms with van der Waals surface area (Å²) in [5.41, 5.74) is 1.27. The van der Waals surface area contributed by atoms with Crippen molar-refractivity contribution in [3.8, 4) is 0 Å². The summed E-state index contributed by atoms with van der Waals surface area (Å²) in [5, 5.41) is 13.6. The Hall–Kier alpha value is -0.200. The summed E-state index contributed by atoms with van der Waals surface area (Å²) in [6.45, 7) is 8.75. The fraction of sp³-hybridized carbons (Fsp3) is 0.867. The number of thioether (sulfide) groups is 2. The minimum atomic E-state index is 0.370. The number of nitrogens with zero attached hydrogens (tertiary/aromatic N) is 3. The Kier molecular flexibility index (Phi) is 7.40. The number of nitrogens with one attached hydrogen (secondary N) is 1. The molecule has 0 bridgehead atoms. The molecule has 1 saturated heterocycles. The van der Waals surface area contributed by atoms with E-state index in [-0.39, 0.29) is 0 Å². The van der Waals surface area contributed by atoms with Crippen molar-refractivity contribution in [3.05, 3.63) is 11.9 Å². The molecule has 0 aromatic carbocycles. The van der Waals surface area contributed by atoms with Gasteiger partial charge in [0.2, 0.25) is 0 Å². The first-order chi connectivity index (χ1) is 10.3. The molecule has 3 unspecified atom stereocenters. The lowest BCUT2D eigenvalue weighted by Crippen LogP contribution is -2.40. The van der Waals surface area contributed by atoms with Gasteiger partial charge in [0.05, 0.1) is 17.9 Å². The predicted molar refractivity (Wildman–Crippen MR) is 94.1 cm³/mol. The molecule has 2 heterocycles. The van der Waals surface area contributed by atoms with Crippen LogP contribution in [0.25, 0.3) is 0 Å². The summed E-state index contributed by atoms with van der Waals surface area (Å²) >= 11 is 4.27. The van der Waals surface area contributed by atoms with Gasteiger partial charge in [0, 0.05) is 28.6 Å². The Labute approximate surface area is 137 Å². The van der Waals surface area contributed by atoms with E-state index in [2.05, 4.69) is 64.6 Å². The lowest BCUT2D eigenvalue weighted by molar-refractivity contribution is 0.447. The molecular weight excluding hydrogens is 300 g/mol. The maximum atomic E-state index is 4.29. The summed E-state index contributed by atoms with van der Waals surface area (Å²) in [7, 11) is 0. The van der Waals surface area contributed by atoms with Crippen LogP contribution >= 0.6 is 23.5 Å². The molecule has 1 N–H and O–H groups in total. The molecule has 3 atom stereocenters. The van der Waals surface area contributed by atoms with Crippen LogP contribution in [-0.4, -0.2) is 43.5 Å². The molecule has 4 nitrogen and oxygen atoms in total. The number of aromatic nitrogens is 3. The third-order valence-corrected chi connectivity index (χ3v) is 7.19. The van der Waals surface area contributed by atoms with E-state index in [1.165, 1.54) is 23.6 Å². The predicted octanol–water partition coefficient (Wildman–Crippen LogP) is 3.36. The average Bonchev–Trinajstić information content (AvgIpc) is 2.97. The van der Waals surface area contributed by atoms with Gasteiger partial charge in [-0.1, -0.05) is 26.0 Å². The van der Waals surface area contributed by atoms with Gasteiger partial charge in [0.25, 0.3) is 0 Å². The van der Waals surface area contributed by atoms with Gasteiger partial charge in [-0.2, -0.15) is 23.5 Å². The van der Waals surface area contributed by atoms with Gasteiger partial charge in [-0.05, 0) is 25.8 Å². The van der Waals surface area contributed by atoms with E-state index in [1.807, 2.05) is 6.20 Å². The maximum Gasteiger partial charge on any atom is 0.0768 e. The number of aryl methyl sites for hydroxylation is 1. The van der Waals surface area contributed by atoms with Crippen molar-refractivity contribution in [2.24, 2.45) is 0 Å². The maximum absolute atomic E-state index is 4.29. The molecule has 0 aliphatic carbocycles. The van der Waals surface area contributed by atoms with Crippen molar-refractivity contribution < 1.29 is 0 Å². The van der Waals surface area contributed by atoms with Crippen LogP contribution in [0.3, 0.4) is 0 Å². The Morgan fingerprint density at radius 2 is 2.10 bits per heavy atom. The molecule has 1 aromatic rings. The molecule has 1 aromatic heterocycles. The Morgan fingerprint density at radius 3 is 2.81 bits per heavy atom. The Morgan fingerprint density at radius 1 is 1.29 bits per heavy atom. The SMILES string of the molecule is CCCNC(c1cnnn1CCC)C1SCCSC1CC. The zero-order chi connectivity index (χ0) is 15.1. The van der Waals surface area contributed by atoms with Gasteiger partial charge >= 0.3 is 0 Å². The Balaban J connectivity index is 2.21. The van der Waals surface area contributed by atoms with Crippen molar-refractivity contribution in [2.75, 3.05) is 18.1 Å². The van der Waals surface area contributed by atoms with Gasteiger partial charge in [-0.3, -0.25) is 0 Å². The normalized spacial score (nSPS) is 24.1. The van der Waals surface area contributed by atoms with E-state index in [0.717, 1.165) is 31.2 Å². The second-order valence-corrected chi connectivity index (χ2v) is 8.10. The van der Waals surface area contributed by atoms with E-state index < -0.39 is 0 Å². The molecule has 0 amide bonds. The van der Waals surface area contributed by atoms with Crippen LogP contribution in [0.5, 0.6) is 0 Å². The minimum Gasteiger partial charge on any atom is -0.308 e. The van der Waals surface area contributed by atoms with Crippen LogP contribution in [0.15, 0.2) is 6.20 Å².